The molecule has 0 fully saturated rings. The number of hydrogen-bond acceptors (Lipinski definition) is 4. The Morgan fingerprint density at radius 2 is 2.12 bits per heavy atom. The van der Waals surface area contributed by atoms with Crippen molar-refractivity contribution < 1.29 is 9.47 Å². The molecule has 0 amide bonds. The summed E-state index contributed by atoms with van der Waals surface area (Å²) in [6.07, 6.45) is 3.74. The first kappa shape index (κ1) is 14.0. The first-order valence-corrected chi connectivity index (χ1v) is 5.94. The van der Waals surface area contributed by atoms with Crippen molar-refractivity contribution in [3.8, 4) is 0 Å². The number of aromatic nitrogens is 2. The van der Waals surface area contributed by atoms with Crippen LogP contribution in [-0.4, -0.2) is 43.0 Å². The van der Waals surface area contributed by atoms with Crippen molar-refractivity contribution in [2.45, 2.75) is 26.4 Å². The van der Waals surface area contributed by atoms with Crippen molar-refractivity contribution >= 4 is 5.95 Å². The lowest BCUT2D eigenvalue weighted by molar-refractivity contribution is 0.170. The predicted octanol–water partition coefficient (Wildman–Crippen LogP) is 1.61. The lowest BCUT2D eigenvalue weighted by atomic mass is 10.1. The molecule has 0 saturated carbocycles. The second kappa shape index (κ2) is 7.29. The van der Waals surface area contributed by atoms with Gasteiger partial charge in [-0.05, 0) is 5.92 Å². The molecule has 17 heavy (non-hydrogen) atoms. The zero-order valence-corrected chi connectivity index (χ0v) is 11.1. The van der Waals surface area contributed by atoms with Crippen LogP contribution in [0.3, 0.4) is 0 Å². The lowest BCUT2D eigenvalue weighted by Crippen LogP contribution is -2.31. The monoisotopic (exact) mass is 241 g/mol. The van der Waals surface area contributed by atoms with Crippen LogP contribution in [0, 0.1) is 5.92 Å². The Morgan fingerprint density at radius 1 is 1.35 bits per heavy atom. The molecule has 98 valence electrons. The van der Waals surface area contributed by atoms with Gasteiger partial charge in [0.1, 0.15) is 0 Å². The van der Waals surface area contributed by atoms with Gasteiger partial charge in [0.05, 0.1) is 19.3 Å². The van der Waals surface area contributed by atoms with Gasteiger partial charge in [0, 0.05) is 33.2 Å². The number of imidazole rings is 1. The summed E-state index contributed by atoms with van der Waals surface area (Å²) in [4.78, 5) is 4.31. The van der Waals surface area contributed by atoms with E-state index in [1.165, 1.54) is 0 Å². The van der Waals surface area contributed by atoms with Gasteiger partial charge in [0.25, 0.3) is 0 Å². The molecule has 1 aromatic rings. The third-order valence-corrected chi connectivity index (χ3v) is 2.72. The SMILES string of the molecule is COCCn1ccnc1NC(COC)C(C)C. The van der Waals surface area contributed by atoms with E-state index < -0.39 is 0 Å². The molecule has 0 saturated heterocycles. The summed E-state index contributed by atoms with van der Waals surface area (Å²) in [6, 6.07) is 0.267. The van der Waals surface area contributed by atoms with Crippen LogP contribution in [0.5, 0.6) is 0 Å². The Balaban J connectivity index is 2.61. The van der Waals surface area contributed by atoms with Crippen molar-refractivity contribution in [3.05, 3.63) is 12.4 Å². The summed E-state index contributed by atoms with van der Waals surface area (Å²) < 4.78 is 12.3. The highest BCUT2D eigenvalue weighted by Gasteiger charge is 2.15. The molecule has 5 heteroatoms. The van der Waals surface area contributed by atoms with Gasteiger partial charge in [-0.2, -0.15) is 0 Å². The summed E-state index contributed by atoms with van der Waals surface area (Å²) in [7, 11) is 3.42. The fourth-order valence-corrected chi connectivity index (χ4v) is 1.57. The summed E-state index contributed by atoms with van der Waals surface area (Å²) >= 11 is 0. The summed E-state index contributed by atoms with van der Waals surface area (Å²) in [5.74, 6) is 1.36. The molecule has 0 bridgehead atoms. The minimum atomic E-state index is 0.267. The van der Waals surface area contributed by atoms with Crippen LogP contribution in [0.4, 0.5) is 5.95 Å². The van der Waals surface area contributed by atoms with Crippen LogP contribution < -0.4 is 5.32 Å². The van der Waals surface area contributed by atoms with Gasteiger partial charge in [-0.15, -0.1) is 0 Å². The maximum absolute atomic E-state index is 5.21. The third-order valence-electron chi connectivity index (χ3n) is 2.72. The zero-order valence-electron chi connectivity index (χ0n) is 11.1. The van der Waals surface area contributed by atoms with Crippen molar-refractivity contribution in [1.82, 2.24) is 9.55 Å². The molecule has 1 unspecified atom stereocenters. The van der Waals surface area contributed by atoms with Crippen LogP contribution in [0.1, 0.15) is 13.8 Å². The average molecular weight is 241 g/mol. The standard InChI is InChI=1S/C12H23N3O2/c1-10(2)11(9-17-4)14-12-13-5-6-15(12)7-8-16-3/h5-6,10-11H,7-9H2,1-4H3,(H,13,14). The van der Waals surface area contributed by atoms with E-state index in [2.05, 4.69) is 28.7 Å². The number of nitrogens with one attached hydrogen (secondary N) is 1. The molecule has 0 aliphatic heterocycles. The normalized spacial score (nSPS) is 13.0. The van der Waals surface area contributed by atoms with E-state index in [0.717, 1.165) is 12.5 Å². The molecule has 1 rings (SSSR count). The van der Waals surface area contributed by atoms with E-state index in [1.54, 1.807) is 20.4 Å². The van der Waals surface area contributed by atoms with Crippen LogP contribution in [0.25, 0.3) is 0 Å². The van der Waals surface area contributed by atoms with Crippen molar-refractivity contribution in [2.24, 2.45) is 5.92 Å². The van der Waals surface area contributed by atoms with E-state index in [9.17, 15) is 0 Å². The maximum atomic E-state index is 5.21. The van der Waals surface area contributed by atoms with Gasteiger partial charge < -0.3 is 19.4 Å². The average Bonchev–Trinajstić information content (AvgIpc) is 2.73. The topological polar surface area (TPSA) is 48.3 Å². The molecular weight excluding hydrogens is 218 g/mol. The van der Waals surface area contributed by atoms with Gasteiger partial charge in [-0.1, -0.05) is 13.8 Å². The third kappa shape index (κ3) is 4.36. The van der Waals surface area contributed by atoms with Crippen molar-refractivity contribution in [2.75, 3.05) is 32.8 Å². The van der Waals surface area contributed by atoms with E-state index >= 15 is 0 Å². The van der Waals surface area contributed by atoms with E-state index in [1.807, 2.05) is 6.20 Å². The van der Waals surface area contributed by atoms with Crippen LogP contribution in [0.15, 0.2) is 12.4 Å². The van der Waals surface area contributed by atoms with Crippen LogP contribution in [-0.2, 0) is 16.0 Å². The Hall–Kier alpha value is -1.07. The summed E-state index contributed by atoms with van der Waals surface area (Å²) in [6.45, 7) is 6.49. The van der Waals surface area contributed by atoms with E-state index in [0.29, 0.717) is 19.1 Å². The summed E-state index contributed by atoms with van der Waals surface area (Å²) in [5.41, 5.74) is 0. The van der Waals surface area contributed by atoms with Gasteiger partial charge in [0.2, 0.25) is 5.95 Å². The highest BCUT2D eigenvalue weighted by Crippen LogP contribution is 2.11. The van der Waals surface area contributed by atoms with E-state index in [4.69, 9.17) is 9.47 Å². The first-order chi connectivity index (χ1) is 8.19. The largest absolute Gasteiger partial charge is 0.383 e. The molecule has 1 heterocycles. The number of hydrogen-bond donors (Lipinski definition) is 1. The molecule has 0 aliphatic carbocycles. The van der Waals surface area contributed by atoms with E-state index in [-0.39, 0.29) is 6.04 Å². The lowest BCUT2D eigenvalue weighted by Gasteiger charge is -2.22. The molecule has 0 radical (unpaired) electrons. The molecule has 1 atom stereocenters. The number of anilines is 1. The number of methoxy groups -OCH3 is 2. The Bertz CT molecular complexity index is 312. The van der Waals surface area contributed by atoms with Crippen LogP contribution in [0.2, 0.25) is 0 Å². The minimum Gasteiger partial charge on any atom is -0.383 e. The molecule has 1 N–H and O–H groups in total. The fraction of sp³-hybridized carbons (Fsp3) is 0.750. The number of rotatable bonds is 8. The van der Waals surface area contributed by atoms with Crippen molar-refractivity contribution in [3.63, 3.8) is 0 Å². The number of nitrogens with zero attached hydrogens (tertiary/aromatic N) is 2. The Labute approximate surface area is 103 Å². The zero-order chi connectivity index (χ0) is 12.7. The Morgan fingerprint density at radius 3 is 2.71 bits per heavy atom. The fourth-order valence-electron chi connectivity index (χ4n) is 1.57. The predicted molar refractivity (Wildman–Crippen MR) is 68.2 cm³/mol. The first-order valence-electron chi connectivity index (χ1n) is 5.94. The summed E-state index contributed by atoms with van der Waals surface area (Å²) in [5, 5.41) is 3.41. The highest BCUT2D eigenvalue weighted by molar-refractivity contribution is 5.27. The number of ether oxygens (including phenoxy) is 2. The van der Waals surface area contributed by atoms with Gasteiger partial charge in [-0.3, -0.25) is 0 Å². The van der Waals surface area contributed by atoms with Gasteiger partial charge >= 0.3 is 0 Å². The second-order valence-electron chi connectivity index (χ2n) is 4.39. The van der Waals surface area contributed by atoms with Crippen molar-refractivity contribution in [1.29, 1.82) is 0 Å². The second-order valence-corrected chi connectivity index (χ2v) is 4.39. The maximum Gasteiger partial charge on any atom is 0.203 e. The molecule has 0 aliphatic rings. The van der Waals surface area contributed by atoms with Gasteiger partial charge in [-0.25, -0.2) is 4.98 Å². The molecule has 1 aromatic heterocycles. The molecule has 0 aromatic carbocycles. The quantitative estimate of drug-likeness (QED) is 0.751. The Kier molecular flexibility index (Phi) is 6.00. The molecular formula is C12H23N3O2. The van der Waals surface area contributed by atoms with Crippen LogP contribution >= 0.6 is 0 Å². The molecule has 5 nitrogen and oxygen atoms in total. The molecule has 0 spiro atoms. The minimum absolute atomic E-state index is 0.267. The smallest absolute Gasteiger partial charge is 0.203 e. The highest BCUT2D eigenvalue weighted by atomic mass is 16.5. The van der Waals surface area contributed by atoms with Gasteiger partial charge in [0.15, 0.2) is 0 Å².